The van der Waals surface area contributed by atoms with Gasteiger partial charge in [0.15, 0.2) is 0 Å². The molecule has 0 bridgehead atoms. The number of nitrogens with zero attached hydrogens (tertiary/aromatic N) is 2. The monoisotopic (exact) mass is 460 g/mol. The summed E-state index contributed by atoms with van der Waals surface area (Å²) in [6.45, 7) is 4.66. The van der Waals surface area contributed by atoms with Crippen LogP contribution in [0.2, 0.25) is 5.02 Å². The Kier molecular flexibility index (Phi) is 6.19. The van der Waals surface area contributed by atoms with E-state index in [2.05, 4.69) is 0 Å². The van der Waals surface area contributed by atoms with Crippen LogP contribution in [0, 0.1) is 0 Å². The molecule has 2 amide bonds. The van der Waals surface area contributed by atoms with Gasteiger partial charge in [-0.15, -0.1) is 0 Å². The lowest BCUT2D eigenvalue weighted by atomic mass is 9.91. The van der Waals surface area contributed by atoms with E-state index in [-0.39, 0.29) is 13.1 Å². The number of hydrogen-bond acceptors (Lipinski definition) is 4. The van der Waals surface area contributed by atoms with Crippen LogP contribution < -0.4 is 4.74 Å². The van der Waals surface area contributed by atoms with Crippen molar-refractivity contribution in [2.24, 2.45) is 0 Å². The molecule has 1 aromatic carbocycles. The van der Waals surface area contributed by atoms with Crippen molar-refractivity contribution < 1.29 is 32.2 Å². The maximum absolute atomic E-state index is 13.1. The summed E-state index contributed by atoms with van der Waals surface area (Å²) in [5, 5.41) is 0.464. The van der Waals surface area contributed by atoms with Crippen LogP contribution in [0.4, 0.5) is 18.0 Å². The topological polar surface area (TPSA) is 59.1 Å². The number of hydrogen-bond donors (Lipinski definition) is 0. The molecule has 1 aromatic rings. The fourth-order valence-electron chi connectivity index (χ4n) is 3.79. The Balaban J connectivity index is 1.99. The first kappa shape index (κ1) is 23.2. The Morgan fingerprint density at radius 3 is 2.48 bits per heavy atom. The number of alkyl halides is 3. The van der Waals surface area contributed by atoms with Gasteiger partial charge in [-0.2, -0.15) is 13.2 Å². The van der Waals surface area contributed by atoms with Crippen LogP contribution in [0.5, 0.6) is 5.75 Å². The highest BCUT2D eigenvalue weighted by Gasteiger charge is 2.43. The molecule has 2 aliphatic rings. The molecule has 0 unspecified atom stereocenters. The van der Waals surface area contributed by atoms with Crippen LogP contribution in [0.3, 0.4) is 0 Å². The highest BCUT2D eigenvalue weighted by molar-refractivity contribution is 6.31. The molecule has 2 aliphatic heterocycles. The highest BCUT2D eigenvalue weighted by Crippen LogP contribution is 2.42. The smallest absolute Gasteiger partial charge is 0.414 e. The molecule has 2 heterocycles. The van der Waals surface area contributed by atoms with Crippen LogP contribution in [0.1, 0.15) is 37.9 Å². The number of fused-ring (bicyclic) bond motifs is 1. The zero-order valence-electron chi connectivity index (χ0n) is 17.7. The molecule has 0 aromatic heterocycles. The van der Waals surface area contributed by atoms with Gasteiger partial charge < -0.3 is 14.4 Å². The molecule has 3 rings (SSSR count). The number of ether oxygens (including phenoxy) is 2. The van der Waals surface area contributed by atoms with Crippen LogP contribution >= 0.6 is 11.6 Å². The Hall–Kier alpha value is -2.42. The van der Waals surface area contributed by atoms with Gasteiger partial charge in [-0.3, -0.25) is 9.69 Å². The summed E-state index contributed by atoms with van der Waals surface area (Å²) < 4.78 is 50.3. The second-order valence-corrected chi connectivity index (χ2v) is 8.87. The molecule has 0 saturated heterocycles. The molecular formula is C21H24ClF3N2O4. The summed E-state index contributed by atoms with van der Waals surface area (Å²) >= 11 is 6.37. The largest absolute Gasteiger partial charge is 0.496 e. The molecule has 0 radical (unpaired) electrons. The van der Waals surface area contributed by atoms with E-state index in [1.165, 1.54) is 12.0 Å². The first-order valence-electron chi connectivity index (χ1n) is 9.73. The van der Waals surface area contributed by atoms with Crippen LogP contribution in [0.25, 0.3) is 0 Å². The van der Waals surface area contributed by atoms with Gasteiger partial charge in [0.2, 0.25) is 5.91 Å². The average molecular weight is 461 g/mol. The van der Waals surface area contributed by atoms with E-state index in [0.29, 0.717) is 28.8 Å². The normalized spacial score (nSPS) is 19.3. The molecule has 0 N–H and O–H groups in total. The number of carbonyl (C=O) groups is 2. The molecule has 0 aliphatic carbocycles. The molecule has 31 heavy (non-hydrogen) atoms. The van der Waals surface area contributed by atoms with E-state index in [1.807, 2.05) is 0 Å². The first-order valence-corrected chi connectivity index (χ1v) is 10.1. The second-order valence-electron chi connectivity index (χ2n) is 8.47. The van der Waals surface area contributed by atoms with Crippen molar-refractivity contribution in [3.8, 4) is 5.75 Å². The van der Waals surface area contributed by atoms with Crippen molar-refractivity contribution in [3.05, 3.63) is 39.9 Å². The third-order valence-electron chi connectivity index (χ3n) is 5.15. The van der Waals surface area contributed by atoms with E-state index in [4.69, 9.17) is 21.1 Å². The van der Waals surface area contributed by atoms with Crippen molar-refractivity contribution >= 4 is 23.6 Å². The summed E-state index contributed by atoms with van der Waals surface area (Å²) in [6.07, 6.45) is -4.21. The van der Waals surface area contributed by atoms with Crippen molar-refractivity contribution in [2.45, 2.75) is 45.0 Å². The van der Waals surface area contributed by atoms with E-state index < -0.39 is 41.9 Å². The second kappa shape index (κ2) is 8.26. The predicted octanol–water partition coefficient (Wildman–Crippen LogP) is 4.51. The molecule has 0 fully saturated rings. The fraction of sp³-hybridized carbons (Fsp3) is 0.524. The number of halogens is 4. The number of carbonyl (C=O) groups excluding carboxylic acids is 2. The SMILES string of the molecule is COc1ccc(Cl)c2c1[C@@H](CN1CC(C(F)(F)F)=CC1=O)N(C(=O)OC(C)(C)C)CC2. The van der Waals surface area contributed by atoms with Gasteiger partial charge in [0, 0.05) is 29.8 Å². The van der Waals surface area contributed by atoms with Crippen molar-refractivity contribution in [1.29, 1.82) is 0 Å². The Morgan fingerprint density at radius 2 is 1.94 bits per heavy atom. The molecule has 1 atom stereocenters. The van der Waals surface area contributed by atoms with Crippen molar-refractivity contribution in [3.63, 3.8) is 0 Å². The third kappa shape index (κ3) is 4.92. The molecule has 10 heteroatoms. The van der Waals surface area contributed by atoms with Gasteiger partial charge >= 0.3 is 12.3 Å². The predicted molar refractivity (Wildman–Crippen MR) is 108 cm³/mol. The summed E-state index contributed by atoms with van der Waals surface area (Å²) in [5.41, 5.74) is -0.383. The van der Waals surface area contributed by atoms with Gasteiger partial charge in [-0.1, -0.05) is 11.6 Å². The van der Waals surface area contributed by atoms with Crippen molar-refractivity contribution in [1.82, 2.24) is 9.80 Å². The standard InChI is InChI=1S/C21H24ClF3N2O4/c1-20(2,3)31-19(29)27-8-7-13-14(22)5-6-16(30-4)18(13)15(27)11-26-10-12(9-17(26)28)21(23,24)25/h5-6,9,15H,7-8,10-11H2,1-4H3/t15-/m1/s1. The lowest BCUT2D eigenvalue weighted by Crippen LogP contribution is -2.47. The molecule has 0 saturated carbocycles. The number of amides is 2. The quantitative estimate of drug-likeness (QED) is 0.665. The molecule has 6 nitrogen and oxygen atoms in total. The maximum atomic E-state index is 13.1. The number of benzene rings is 1. The maximum Gasteiger partial charge on any atom is 0.414 e. The van der Waals surface area contributed by atoms with E-state index >= 15 is 0 Å². The minimum atomic E-state index is -4.60. The minimum absolute atomic E-state index is 0.155. The fourth-order valence-corrected chi connectivity index (χ4v) is 4.05. The van der Waals surface area contributed by atoms with Crippen LogP contribution in [-0.4, -0.2) is 60.3 Å². The third-order valence-corrected chi connectivity index (χ3v) is 5.50. The highest BCUT2D eigenvalue weighted by atomic mass is 35.5. The van der Waals surface area contributed by atoms with E-state index in [9.17, 15) is 22.8 Å². The summed E-state index contributed by atoms with van der Waals surface area (Å²) in [4.78, 5) is 27.7. The van der Waals surface area contributed by atoms with Gasteiger partial charge in [-0.05, 0) is 44.9 Å². The summed E-state index contributed by atoms with van der Waals surface area (Å²) in [5.74, 6) is -0.321. The molecular weight excluding hydrogens is 437 g/mol. The van der Waals surface area contributed by atoms with Crippen LogP contribution in [-0.2, 0) is 16.0 Å². The van der Waals surface area contributed by atoms with E-state index in [1.54, 1.807) is 32.9 Å². The van der Waals surface area contributed by atoms with Gasteiger partial charge in [0.05, 0.1) is 25.3 Å². The number of methoxy groups -OCH3 is 1. The Bertz CT molecular complexity index is 924. The Labute approximate surface area is 183 Å². The zero-order chi connectivity index (χ0) is 23.1. The van der Waals surface area contributed by atoms with Crippen molar-refractivity contribution in [2.75, 3.05) is 26.7 Å². The van der Waals surface area contributed by atoms with Crippen LogP contribution in [0.15, 0.2) is 23.8 Å². The average Bonchev–Trinajstić information content (AvgIpc) is 3.02. The van der Waals surface area contributed by atoms with Gasteiger partial charge in [0.25, 0.3) is 0 Å². The minimum Gasteiger partial charge on any atom is -0.496 e. The van der Waals surface area contributed by atoms with E-state index in [0.717, 1.165) is 10.5 Å². The lowest BCUT2D eigenvalue weighted by Gasteiger charge is -2.40. The zero-order valence-corrected chi connectivity index (χ0v) is 18.4. The number of rotatable bonds is 3. The summed E-state index contributed by atoms with van der Waals surface area (Å²) in [6, 6.07) is 2.53. The molecule has 170 valence electrons. The van der Waals surface area contributed by atoms with Gasteiger partial charge in [-0.25, -0.2) is 4.79 Å². The van der Waals surface area contributed by atoms with Gasteiger partial charge in [0.1, 0.15) is 11.4 Å². The molecule has 0 spiro atoms. The Morgan fingerprint density at radius 1 is 1.26 bits per heavy atom. The lowest BCUT2D eigenvalue weighted by molar-refractivity contribution is -0.125. The summed E-state index contributed by atoms with van der Waals surface area (Å²) in [7, 11) is 1.46. The first-order chi connectivity index (χ1) is 14.3.